The molecule has 2 aromatic heterocycles. The highest BCUT2D eigenvalue weighted by Gasteiger charge is 2.21. The Bertz CT molecular complexity index is 1270. The van der Waals surface area contributed by atoms with Gasteiger partial charge in [-0.1, -0.05) is 30.0 Å². The number of amides is 1. The number of imidazole rings is 1. The van der Waals surface area contributed by atoms with E-state index in [-0.39, 0.29) is 24.0 Å². The van der Waals surface area contributed by atoms with E-state index in [0.717, 1.165) is 0 Å². The number of anilines is 2. The SMILES string of the molecule is CSc1ncc(C(=O)OCc2csc(N(C(C)=O)c3ccccc3)n2)n1-c1ccc(F)cc1. The molecule has 2 aromatic carbocycles. The van der Waals surface area contributed by atoms with Crippen LogP contribution in [0.4, 0.5) is 15.2 Å². The smallest absolute Gasteiger partial charge is 0.357 e. The zero-order valence-electron chi connectivity index (χ0n) is 17.8. The van der Waals surface area contributed by atoms with Crippen molar-refractivity contribution in [3.8, 4) is 5.69 Å². The van der Waals surface area contributed by atoms with E-state index >= 15 is 0 Å². The standard InChI is InChI=1S/C23H19FN4O3S2/c1-15(29)27(18-6-4-3-5-7-18)23-26-17(14-33-23)13-31-21(30)20-12-25-22(32-2)28(20)19-10-8-16(24)9-11-19/h3-12,14H,13H2,1-2H3. The van der Waals surface area contributed by atoms with Crippen molar-refractivity contribution in [1.82, 2.24) is 14.5 Å². The zero-order valence-corrected chi connectivity index (χ0v) is 19.4. The van der Waals surface area contributed by atoms with Crippen molar-refractivity contribution in [1.29, 1.82) is 0 Å². The van der Waals surface area contributed by atoms with Gasteiger partial charge < -0.3 is 4.74 Å². The van der Waals surface area contributed by atoms with E-state index in [1.807, 2.05) is 36.6 Å². The number of hydrogen-bond acceptors (Lipinski definition) is 7. The molecule has 0 fully saturated rings. The number of halogens is 1. The predicted molar refractivity (Wildman–Crippen MR) is 126 cm³/mol. The van der Waals surface area contributed by atoms with Crippen LogP contribution in [0.25, 0.3) is 5.69 Å². The molecule has 0 unspecified atom stereocenters. The van der Waals surface area contributed by atoms with Gasteiger partial charge in [0.25, 0.3) is 0 Å². The Morgan fingerprint density at radius 2 is 1.88 bits per heavy atom. The monoisotopic (exact) mass is 482 g/mol. The maximum Gasteiger partial charge on any atom is 0.357 e. The summed E-state index contributed by atoms with van der Waals surface area (Å²) in [5, 5.41) is 2.80. The van der Waals surface area contributed by atoms with Crippen LogP contribution in [0.1, 0.15) is 23.1 Å². The third kappa shape index (κ3) is 4.96. The minimum absolute atomic E-state index is 0.0704. The zero-order chi connectivity index (χ0) is 23.4. The second-order valence-corrected chi connectivity index (χ2v) is 8.44. The Morgan fingerprint density at radius 3 is 2.55 bits per heavy atom. The molecule has 0 aliphatic carbocycles. The Balaban J connectivity index is 1.52. The number of para-hydroxylation sites is 1. The van der Waals surface area contributed by atoms with Crippen LogP contribution in [-0.2, 0) is 16.1 Å². The Labute approximate surface area is 197 Å². The van der Waals surface area contributed by atoms with E-state index in [1.54, 1.807) is 22.1 Å². The predicted octanol–water partition coefficient (Wildman–Crippen LogP) is 5.23. The lowest BCUT2D eigenvalue weighted by Gasteiger charge is -2.17. The van der Waals surface area contributed by atoms with Crippen molar-refractivity contribution in [2.75, 3.05) is 11.2 Å². The molecule has 2 heterocycles. The van der Waals surface area contributed by atoms with Crippen molar-refractivity contribution < 1.29 is 18.7 Å². The lowest BCUT2D eigenvalue weighted by atomic mass is 10.3. The molecule has 4 aromatic rings. The molecule has 0 spiro atoms. The summed E-state index contributed by atoms with van der Waals surface area (Å²) >= 11 is 2.64. The molecule has 4 rings (SSSR count). The minimum Gasteiger partial charge on any atom is -0.454 e. The van der Waals surface area contributed by atoms with Gasteiger partial charge >= 0.3 is 5.97 Å². The average molecular weight is 483 g/mol. The number of carbonyl (C=O) groups excluding carboxylic acids is 2. The molecule has 0 atom stereocenters. The highest BCUT2D eigenvalue weighted by molar-refractivity contribution is 7.98. The van der Waals surface area contributed by atoms with Crippen LogP contribution in [0.2, 0.25) is 0 Å². The fraction of sp³-hybridized carbons (Fsp3) is 0.130. The molecule has 0 aliphatic heterocycles. The normalized spacial score (nSPS) is 10.8. The van der Waals surface area contributed by atoms with Gasteiger partial charge in [-0.15, -0.1) is 11.3 Å². The summed E-state index contributed by atoms with van der Waals surface area (Å²) in [5.41, 5.74) is 2.04. The van der Waals surface area contributed by atoms with Crippen LogP contribution in [0.3, 0.4) is 0 Å². The number of esters is 1. The summed E-state index contributed by atoms with van der Waals surface area (Å²) in [6, 6.07) is 15.0. The molecular formula is C23H19FN4O3S2. The second kappa shape index (κ2) is 9.97. The van der Waals surface area contributed by atoms with Crippen LogP contribution < -0.4 is 4.90 Å². The minimum atomic E-state index is -0.590. The van der Waals surface area contributed by atoms with E-state index in [9.17, 15) is 14.0 Å². The van der Waals surface area contributed by atoms with Gasteiger partial charge in [-0.3, -0.25) is 14.3 Å². The molecule has 0 aliphatic rings. The maximum atomic E-state index is 13.3. The first-order valence-corrected chi connectivity index (χ1v) is 11.9. The van der Waals surface area contributed by atoms with E-state index in [4.69, 9.17) is 4.74 Å². The number of rotatable bonds is 7. The number of ether oxygens (including phenoxy) is 1. The molecule has 0 radical (unpaired) electrons. The summed E-state index contributed by atoms with van der Waals surface area (Å²) in [7, 11) is 0. The molecule has 10 heteroatoms. The molecule has 1 amide bonds. The average Bonchev–Trinajstić information content (AvgIpc) is 3.46. The van der Waals surface area contributed by atoms with Crippen LogP contribution in [0.15, 0.2) is 71.3 Å². The van der Waals surface area contributed by atoms with E-state index in [1.165, 1.54) is 53.3 Å². The second-order valence-electron chi connectivity index (χ2n) is 6.83. The summed E-state index contributed by atoms with van der Waals surface area (Å²) in [6.07, 6.45) is 3.26. The van der Waals surface area contributed by atoms with Gasteiger partial charge in [-0.05, 0) is 42.7 Å². The first-order valence-electron chi connectivity index (χ1n) is 9.83. The first kappa shape index (κ1) is 22.7. The van der Waals surface area contributed by atoms with Crippen molar-refractivity contribution >= 4 is 45.8 Å². The van der Waals surface area contributed by atoms with Gasteiger partial charge in [0.15, 0.2) is 16.0 Å². The molecule has 33 heavy (non-hydrogen) atoms. The maximum absolute atomic E-state index is 13.3. The van der Waals surface area contributed by atoms with Gasteiger partial charge in [0.05, 0.1) is 17.6 Å². The largest absolute Gasteiger partial charge is 0.454 e. The molecule has 168 valence electrons. The number of nitrogens with zero attached hydrogens (tertiary/aromatic N) is 4. The van der Waals surface area contributed by atoms with E-state index in [0.29, 0.717) is 27.4 Å². The Kier molecular flexibility index (Phi) is 6.85. The van der Waals surface area contributed by atoms with Crippen molar-refractivity contribution in [2.45, 2.75) is 18.7 Å². The molecular weight excluding hydrogens is 463 g/mol. The molecule has 7 nitrogen and oxygen atoms in total. The summed E-state index contributed by atoms with van der Waals surface area (Å²) < 4.78 is 20.4. The van der Waals surface area contributed by atoms with Gasteiger partial charge in [-0.25, -0.2) is 19.2 Å². The van der Waals surface area contributed by atoms with E-state index in [2.05, 4.69) is 9.97 Å². The third-order valence-corrected chi connectivity index (χ3v) is 6.15. The fourth-order valence-corrected chi connectivity index (χ4v) is 4.56. The van der Waals surface area contributed by atoms with Crippen molar-refractivity contribution in [2.24, 2.45) is 0 Å². The molecule has 0 N–H and O–H groups in total. The van der Waals surface area contributed by atoms with Crippen LogP contribution in [0.5, 0.6) is 0 Å². The highest BCUT2D eigenvalue weighted by Crippen LogP contribution is 2.29. The number of hydrogen-bond donors (Lipinski definition) is 0. The van der Waals surface area contributed by atoms with Gasteiger partial charge in [0.1, 0.15) is 12.4 Å². The van der Waals surface area contributed by atoms with Gasteiger partial charge in [0, 0.05) is 18.0 Å². The Morgan fingerprint density at radius 1 is 1.15 bits per heavy atom. The number of thioether (sulfide) groups is 1. The van der Waals surface area contributed by atoms with Crippen LogP contribution in [-0.4, -0.2) is 32.7 Å². The van der Waals surface area contributed by atoms with Crippen molar-refractivity contribution in [3.05, 3.63) is 83.4 Å². The topological polar surface area (TPSA) is 77.3 Å². The van der Waals surface area contributed by atoms with Crippen LogP contribution >= 0.6 is 23.1 Å². The first-order chi connectivity index (χ1) is 16.0. The van der Waals surface area contributed by atoms with E-state index < -0.39 is 5.97 Å². The van der Waals surface area contributed by atoms with Gasteiger partial charge in [-0.2, -0.15) is 0 Å². The van der Waals surface area contributed by atoms with Crippen LogP contribution in [0, 0.1) is 5.82 Å². The van der Waals surface area contributed by atoms with Gasteiger partial charge in [0.2, 0.25) is 5.91 Å². The highest BCUT2D eigenvalue weighted by atomic mass is 32.2. The van der Waals surface area contributed by atoms with Crippen molar-refractivity contribution in [3.63, 3.8) is 0 Å². The molecule has 0 saturated carbocycles. The summed E-state index contributed by atoms with van der Waals surface area (Å²) in [6.45, 7) is 1.40. The lowest BCUT2D eigenvalue weighted by molar-refractivity contribution is -0.115. The number of aromatic nitrogens is 3. The number of carbonyl (C=O) groups is 2. The third-order valence-electron chi connectivity index (χ3n) is 4.62. The quantitative estimate of drug-likeness (QED) is 0.265. The number of benzene rings is 2. The summed E-state index contributed by atoms with van der Waals surface area (Å²) in [5.74, 6) is -1.14. The summed E-state index contributed by atoms with van der Waals surface area (Å²) in [4.78, 5) is 35.3. The lowest BCUT2D eigenvalue weighted by Crippen LogP contribution is -2.22. The fourth-order valence-electron chi connectivity index (χ4n) is 3.15. The molecule has 0 saturated heterocycles. The number of thiazole rings is 1. The molecule has 0 bridgehead atoms. The Hall–Kier alpha value is -3.50.